The number of amides is 1. The van der Waals surface area contributed by atoms with E-state index in [0.717, 1.165) is 27.3 Å². The van der Waals surface area contributed by atoms with E-state index in [0.29, 0.717) is 17.6 Å². The van der Waals surface area contributed by atoms with E-state index in [1.54, 1.807) is 0 Å². The third kappa shape index (κ3) is 6.11. The number of hydrogen-bond acceptors (Lipinski definition) is 5. The molecule has 0 radical (unpaired) electrons. The van der Waals surface area contributed by atoms with Gasteiger partial charge >= 0.3 is 0 Å². The first-order valence-electron chi connectivity index (χ1n) is 10.3. The minimum absolute atomic E-state index is 0.0741. The zero-order valence-electron chi connectivity index (χ0n) is 18.1. The molecule has 164 valence electrons. The lowest BCUT2D eigenvalue weighted by molar-refractivity contribution is -0.113. The second-order valence-electron chi connectivity index (χ2n) is 7.38. The SMILES string of the molecule is CCn1c(SCC(=O)Nc2ccc(Br)cc2C(C)C)nnc1[C@@H](C)Oc1ccccc1. The summed E-state index contributed by atoms with van der Waals surface area (Å²) in [5.74, 6) is 2.00. The summed E-state index contributed by atoms with van der Waals surface area (Å²) in [6.07, 6.45) is -0.255. The van der Waals surface area contributed by atoms with Crippen molar-refractivity contribution < 1.29 is 9.53 Å². The van der Waals surface area contributed by atoms with Gasteiger partial charge in [-0.25, -0.2) is 0 Å². The lowest BCUT2D eigenvalue weighted by Crippen LogP contribution is -2.16. The minimum Gasteiger partial charge on any atom is -0.483 e. The summed E-state index contributed by atoms with van der Waals surface area (Å²) in [6, 6.07) is 15.5. The zero-order valence-corrected chi connectivity index (χ0v) is 20.5. The van der Waals surface area contributed by atoms with Crippen LogP contribution in [0.5, 0.6) is 5.75 Å². The molecule has 1 atom stereocenters. The zero-order chi connectivity index (χ0) is 22.4. The van der Waals surface area contributed by atoms with Crippen LogP contribution >= 0.6 is 27.7 Å². The second kappa shape index (κ2) is 10.8. The normalized spacial score (nSPS) is 12.1. The summed E-state index contributed by atoms with van der Waals surface area (Å²) in [5, 5.41) is 12.3. The van der Waals surface area contributed by atoms with Gasteiger partial charge in [0, 0.05) is 16.7 Å². The number of ether oxygens (including phenoxy) is 1. The van der Waals surface area contributed by atoms with Gasteiger partial charge in [0.2, 0.25) is 5.91 Å². The molecular weight excluding hydrogens is 476 g/mol. The van der Waals surface area contributed by atoms with Gasteiger partial charge in [0.05, 0.1) is 5.75 Å². The molecule has 0 aliphatic heterocycles. The highest BCUT2D eigenvalue weighted by molar-refractivity contribution is 9.10. The number of nitrogens with zero attached hydrogens (tertiary/aromatic N) is 3. The van der Waals surface area contributed by atoms with Crippen molar-refractivity contribution in [3.05, 3.63) is 64.4 Å². The Morgan fingerprint density at radius 3 is 2.58 bits per heavy atom. The number of rotatable bonds is 9. The van der Waals surface area contributed by atoms with E-state index in [-0.39, 0.29) is 17.8 Å². The van der Waals surface area contributed by atoms with E-state index >= 15 is 0 Å². The Hall–Kier alpha value is -2.32. The molecule has 1 heterocycles. The van der Waals surface area contributed by atoms with Crippen LogP contribution in [0.1, 0.15) is 51.1 Å². The Bertz CT molecular complexity index is 1020. The van der Waals surface area contributed by atoms with Gasteiger partial charge in [-0.2, -0.15) is 0 Å². The van der Waals surface area contributed by atoms with Crippen molar-refractivity contribution in [3.63, 3.8) is 0 Å². The Kier molecular flexibility index (Phi) is 8.15. The molecule has 1 aromatic heterocycles. The van der Waals surface area contributed by atoms with E-state index in [9.17, 15) is 4.79 Å². The molecule has 3 rings (SSSR count). The van der Waals surface area contributed by atoms with Crippen molar-refractivity contribution in [1.29, 1.82) is 0 Å². The molecule has 8 heteroatoms. The number of thioether (sulfide) groups is 1. The van der Waals surface area contributed by atoms with Crippen molar-refractivity contribution in [2.24, 2.45) is 0 Å². The Morgan fingerprint density at radius 2 is 1.90 bits per heavy atom. The highest BCUT2D eigenvalue weighted by Crippen LogP contribution is 2.28. The topological polar surface area (TPSA) is 69.0 Å². The standard InChI is InChI=1S/C23H27BrN4O2S/c1-5-28-22(16(4)30-18-9-7-6-8-10-18)26-27-23(28)31-14-21(29)25-20-12-11-17(24)13-19(20)15(2)3/h6-13,15-16H,5,14H2,1-4H3,(H,25,29)/t16-/m1/s1. The molecule has 6 nitrogen and oxygen atoms in total. The molecule has 0 aliphatic carbocycles. The fourth-order valence-electron chi connectivity index (χ4n) is 3.20. The molecule has 0 unspecified atom stereocenters. The Labute approximate surface area is 195 Å². The summed E-state index contributed by atoms with van der Waals surface area (Å²) >= 11 is 4.87. The predicted molar refractivity (Wildman–Crippen MR) is 129 cm³/mol. The number of anilines is 1. The summed E-state index contributed by atoms with van der Waals surface area (Å²) in [6.45, 7) is 8.89. The molecule has 0 aliphatic rings. The highest BCUT2D eigenvalue weighted by atomic mass is 79.9. The molecule has 0 spiro atoms. The number of hydrogen-bond donors (Lipinski definition) is 1. The second-order valence-corrected chi connectivity index (χ2v) is 9.24. The van der Waals surface area contributed by atoms with E-state index in [1.807, 2.05) is 66.9 Å². The fraction of sp³-hybridized carbons (Fsp3) is 0.348. The van der Waals surface area contributed by atoms with Gasteiger partial charge in [-0.3, -0.25) is 4.79 Å². The minimum atomic E-state index is -0.255. The molecule has 1 N–H and O–H groups in total. The average molecular weight is 503 g/mol. The maximum atomic E-state index is 12.6. The van der Waals surface area contributed by atoms with Crippen molar-refractivity contribution in [3.8, 4) is 5.75 Å². The third-order valence-electron chi connectivity index (χ3n) is 4.72. The lowest BCUT2D eigenvalue weighted by Gasteiger charge is -2.16. The van der Waals surface area contributed by atoms with Gasteiger partial charge in [-0.15, -0.1) is 10.2 Å². The van der Waals surface area contributed by atoms with Crippen LogP contribution in [-0.4, -0.2) is 26.4 Å². The largest absolute Gasteiger partial charge is 0.483 e. The number of benzene rings is 2. The first-order valence-corrected chi connectivity index (χ1v) is 12.0. The van der Waals surface area contributed by atoms with Gasteiger partial charge in [0.15, 0.2) is 17.1 Å². The maximum absolute atomic E-state index is 12.6. The van der Waals surface area contributed by atoms with Gasteiger partial charge in [0.1, 0.15) is 5.75 Å². The maximum Gasteiger partial charge on any atom is 0.234 e. The van der Waals surface area contributed by atoms with Crippen molar-refractivity contribution in [2.45, 2.75) is 51.4 Å². The summed E-state index contributed by atoms with van der Waals surface area (Å²) in [5.41, 5.74) is 1.94. The number of para-hydroxylation sites is 1. The lowest BCUT2D eigenvalue weighted by atomic mass is 10.0. The average Bonchev–Trinajstić information content (AvgIpc) is 3.17. The monoisotopic (exact) mass is 502 g/mol. The van der Waals surface area contributed by atoms with Gasteiger partial charge in [-0.05, 0) is 55.7 Å². The third-order valence-corrected chi connectivity index (χ3v) is 6.18. The number of halogens is 1. The predicted octanol–water partition coefficient (Wildman–Crippen LogP) is 6.05. The van der Waals surface area contributed by atoms with Crippen LogP contribution in [0.15, 0.2) is 58.2 Å². The van der Waals surface area contributed by atoms with Crippen LogP contribution in [0, 0.1) is 0 Å². The molecule has 31 heavy (non-hydrogen) atoms. The van der Waals surface area contributed by atoms with Crippen molar-refractivity contribution >= 4 is 39.3 Å². The van der Waals surface area contributed by atoms with Crippen LogP contribution in [0.3, 0.4) is 0 Å². The molecular formula is C23H27BrN4O2S. The van der Waals surface area contributed by atoms with Crippen LogP contribution in [-0.2, 0) is 11.3 Å². The molecule has 0 saturated heterocycles. The van der Waals surface area contributed by atoms with E-state index < -0.39 is 0 Å². The first kappa shape index (κ1) is 23.3. The molecule has 0 fully saturated rings. The summed E-state index contributed by atoms with van der Waals surface area (Å²) in [7, 11) is 0. The number of carbonyl (C=O) groups excluding carboxylic acids is 1. The fourth-order valence-corrected chi connectivity index (χ4v) is 4.39. The number of nitrogens with one attached hydrogen (secondary N) is 1. The Morgan fingerprint density at radius 1 is 1.16 bits per heavy atom. The molecule has 3 aromatic rings. The molecule has 1 amide bonds. The molecule has 0 saturated carbocycles. The molecule has 2 aromatic carbocycles. The van der Waals surface area contributed by atoms with Gasteiger partial charge in [0.25, 0.3) is 0 Å². The van der Waals surface area contributed by atoms with Crippen molar-refractivity contribution in [2.75, 3.05) is 11.1 Å². The van der Waals surface area contributed by atoms with Crippen LogP contribution in [0.2, 0.25) is 0 Å². The highest BCUT2D eigenvalue weighted by Gasteiger charge is 2.20. The molecule has 0 bridgehead atoms. The van der Waals surface area contributed by atoms with Gasteiger partial charge in [-0.1, -0.05) is 59.7 Å². The van der Waals surface area contributed by atoms with Crippen molar-refractivity contribution in [1.82, 2.24) is 14.8 Å². The van der Waals surface area contributed by atoms with Gasteiger partial charge < -0.3 is 14.6 Å². The van der Waals surface area contributed by atoms with E-state index in [1.165, 1.54) is 11.8 Å². The Balaban J connectivity index is 1.65. The smallest absolute Gasteiger partial charge is 0.234 e. The van der Waals surface area contributed by atoms with E-state index in [4.69, 9.17) is 4.74 Å². The first-order chi connectivity index (χ1) is 14.9. The number of carbonyl (C=O) groups is 1. The number of aromatic nitrogens is 3. The quantitative estimate of drug-likeness (QED) is 0.360. The van der Waals surface area contributed by atoms with Crippen LogP contribution in [0.25, 0.3) is 0 Å². The van der Waals surface area contributed by atoms with E-state index in [2.05, 4.69) is 45.3 Å². The summed E-state index contributed by atoms with van der Waals surface area (Å²) < 4.78 is 8.98. The summed E-state index contributed by atoms with van der Waals surface area (Å²) in [4.78, 5) is 12.6. The van der Waals surface area contributed by atoms with Crippen LogP contribution < -0.4 is 10.1 Å². The van der Waals surface area contributed by atoms with Crippen LogP contribution in [0.4, 0.5) is 5.69 Å².